The smallest absolute Gasteiger partial charge is 0.0485 e. The first-order valence-electron chi connectivity index (χ1n) is 6.89. The van der Waals surface area contributed by atoms with E-state index in [1.54, 1.807) is 0 Å². The molecule has 0 aromatic heterocycles. The van der Waals surface area contributed by atoms with E-state index in [-0.39, 0.29) is 0 Å². The number of nitrogens with one attached hydrogen (secondary N) is 1. The van der Waals surface area contributed by atoms with Crippen molar-refractivity contribution in [3.8, 4) is 0 Å². The Labute approximate surface area is 110 Å². The van der Waals surface area contributed by atoms with E-state index in [0.29, 0.717) is 17.1 Å². The van der Waals surface area contributed by atoms with Gasteiger partial charge < -0.3 is 5.32 Å². The molecule has 0 radical (unpaired) electrons. The highest BCUT2D eigenvalue weighted by Gasteiger charge is 2.17. The Morgan fingerprint density at radius 1 is 1.18 bits per heavy atom. The van der Waals surface area contributed by atoms with E-state index in [9.17, 15) is 4.21 Å². The van der Waals surface area contributed by atoms with Crippen LogP contribution in [0.2, 0.25) is 0 Å². The normalized spacial score (nSPS) is 21.1. The molecule has 0 aliphatic carbocycles. The molecule has 1 saturated heterocycles. The highest BCUT2D eigenvalue weighted by atomic mass is 32.2. The standard InChI is InChI=1S/C12H23NOS.C2H6/c1-10(2)11(3)6-9-15(14)12-4-7-13-8-5-12;1-2/h6,9-13H,4-5,7-8H2,1-3H3;1-2H3/b9-6-;. The van der Waals surface area contributed by atoms with Crippen molar-refractivity contribution in [3.05, 3.63) is 11.5 Å². The van der Waals surface area contributed by atoms with Gasteiger partial charge in [-0.1, -0.05) is 40.7 Å². The van der Waals surface area contributed by atoms with Gasteiger partial charge in [-0.2, -0.15) is 0 Å². The van der Waals surface area contributed by atoms with Gasteiger partial charge in [0.1, 0.15) is 0 Å². The van der Waals surface area contributed by atoms with Gasteiger partial charge in [0.25, 0.3) is 0 Å². The van der Waals surface area contributed by atoms with E-state index in [0.717, 1.165) is 25.9 Å². The molecule has 1 fully saturated rings. The Hall–Kier alpha value is -0.150. The lowest BCUT2D eigenvalue weighted by atomic mass is 9.99. The van der Waals surface area contributed by atoms with Gasteiger partial charge in [-0.05, 0) is 43.2 Å². The second-order valence-corrected chi connectivity index (χ2v) is 6.31. The minimum absolute atomic E-state index is 0.377. The predicted molar refractivity (Wildman–Crippen MR) is 78.5 cm³/mol. The van der Waals surface area contributed by atoms with Crippen LogP contribution in [-0.4, -0.2) is 22.5 Å². The fourth-order valence-corrected chi connectivity index (χ4v) is 2.89. The van der Waals surface area contributed by atoms with Crippen LogP contribution in [0.1, 0.15) is 47.5 Å². The van der Waals surface area contributed by atoms with Crippen molar-refractivity contribution < 1.29 is 4.21 Å². The van der Waals surface area contributed by atoms with Gasteiger partial charge in [-0.3, -0.25) is 4.21 Å². The SMILES string of the molecule is CC.CC(C)C(C)/C=C\S(=O)C1CCNCC1. The van der Waals surface area contributed by atoms with Gasteiger partial charge in [0.05, 0.1) is 0 Å². The molecular formula is C14H29NOS. The van der Waals surface area contributed by atoms with Crippen LogP contribution in [0.15, 0.2) is 11.5 Å². The molecule has 0 saturated carbocycles. The molecule has 1 aliphatic heterocycles. The molecule has 0 aromatic rings. The second-order valence-electron chi connectivity index (χ2n) is 4.71. The van der Waals surface area contributed by atoms with Gasteiger partial charge in [0.2, 0.25) is 0 Å². The number of piperidine rings is 1. The fourth-order valence-electron chi connectivity index (χ4n) is 1.56. The second kappa shape index (κ2) is 9.84. The highest BCUT2D eigenvalue weighted by molar-refractivity contribution is 7.88. The van der Waals surface area contributed by atoms with Crippen molar-refractivity contribution in [2.75, 3.05) is 13.1 Å². The minimum atomic E-state index is -0.764. The zero-order valence-electron chi connectivity index (χ0n) is 12.0. The highest BCUT2D eigenvalue weighted by Crippen LogP contribution is 2.15. The summed E-state index contributed by atoms with van der Waals surface area (Å²) in [5, 5.41) is 5.59. The molecule has 17 heavy (non-hydrogen) atoms. The van der Waals surface area contributed by atoms with Crippen molar-refractivity contribution in [1.82, 2.24) is 5.32 Å². The largest absolute Gasteiger partial charge is 0.317 e. The van der Waals surface area contributed by atoms with Crippen molar-refractivity contribution in [2.24, 2.45) is 11.8 Å². The minimum Gasteiger partial charge on any atom is -0.317 e. The maximum Gasteiger partial charge on any atom is 0.0485 e. The molecule has 1 rings (SSSR count). The third-order valence-electron chi connectivity index (χ3n) is 3.18. The Balaban J connectivity index is 0.00000121. The van der Waals surface area contributed by atoms with Crippen LogP contribution >= 0.6 is 0 Å². The zero-order valence-corrected chi connectivity index (χ0v) is 12.8. The van der Waals surface area contributed by atoms with Gasteiger partial charge in [-0.25, -0.2) is 0 Å². The Morgan fingerprint density at radius 2 is 1.71 bits per heavy atom. The van der Waals surface area contributed by atoms with Crippen LogP contribution in [0.4, 0.5) is 0 Å². The third-order valence-corrected chi connectivity index (χ3v) is 4.74. The van der Waals surface area contributed by atoms with Crippen molar-refractivity contribution in [2.45, 2.75) is 52.7 Å². The van der Waals surface area contributed by atoms with E-state index in [1.165, 1.54) is 0 Å². The van der Waals surface area contributed by atoms with Crippen LogP contribution in [0, 0.1) is 11.8 Å². The zero-order chi connectivity index (χ0) is 13.3. The molecule has 1 heterocycles. The van der Waals surface area contributed by atoms with E-state index >= 15 is 0 Å². The lowest BCUT2D eigenvalue weighted by Gasteiger charge is -2.20. The summed E-state index contributed by atoms with van der Waals surface area (Å²) in [6.07, 6.45) is 4.21. The van der Waals surface area contributed by atoms with Crippen molar-refractivity contribution in [3.63, 3.8) is 0 Å². The summed E-state index contributed by atoms with van der Waals surface area (Å²) in [4.78, 5) is 0. The maximum atomic E-state index is 11.9. The molecule has 0 amide bonds. The summed E-state index contributed by atoms with van der Waals surface area (Å²) < 4.78 is 11.9. The molecular weight excluding hydrogens is 230 g/mol. The first-order chi connectivity index (χ1) is 8.11. The van der Waals surface area contributed by atoms with Gasteiger partial charge in [0.15, 0.2) is 0 Å². The number of rotatable bonds is 4. The van der Waals surface area contributed by atoms with E-state index in [4.69, 9.17) is 0 Å². The first kappa shape index (κ1) is 16.9. The lowest BCUT2D eigenvalue weighted by Crippen LogP contribution is -2.32. The summed E-state index contributed by atoms with van der Waals surface area (Å²) in [7, 11) is -0.764. The summed E-state index contributed by atoms with van der Waals surface area (Å²) in [5.41, 5.74) is 0. The number of hydrogen-bond donors (Lipinski definition) is 1. The molecule has 0 aromatic carbocycles. The molecule has 2 unspecified atom stereocenters. The molecule has 0 spiro atoms. The monoisotopic (exact) mass is 259 g/mol. The van der Waals surface area contributed by atoms with E-state index in [2.05, 4.69) is 32.2 Å². The number of allylic oxidation sites excluding steroid dienone is 1. The van der Waals surface area contributed by atoms with Gasteiger partial charge in [0, 0.05) is 16.0 Å². The topological polar surface area (TPSA) is 29.1 Å². The molecule has 1 aliphatic rings. The number of hydrogen-bond acceptors (Lipinski definition) is 2. The molecule has 3 heteroatoms. The molecule has 102 valence electrons. The van der Waals surface area contributed by atoms with Gasteiger partial charge >= 0.3 is 0 Å². The Bertz CT molecular complexity index is 232. The van der Waals surface area contributed by atoms with Crippen LogP contribution in [0.3, 0.4) is 0 Å². The first-order valence-corrected chi connectivity index (χ1v) is 8.17. The summed E-state index contributed by atoms with van der Waals surface area (Å²) in [6, 6.07) is 0. The molecule has 2 nitrogen and oxygen atoms in total. The fraction of sp³-hybridized carbons (Fsp3) is 0.857. The quantitative estimate of drug-likeness (QED) is 0.839. The Morgan fingerprint density at radius 3 is 2.18 bits per heavy atom. The summed E-state index contributed by atoms with van der Waals surface area (Å²) in [6.45, 7) is 12.6. The third kappa shape index (κ3) is 6.99. The summed E-state index contributed by atoms with van der Waals surface area (Å²) in [5.74, 6) is 1.15. The van der Waals surface area contributed by atoms with Crippen LogP contribution in [0.5, 0.6) is 0 Å². The molecule has 1 N–H and O–H groups in total. The Kier molecular flexibility index (Phi) is 9.75. The van der Waals surface area contributed by atoms with E-state index < -0.39 is 10.8 Å². The predicted octanol–water partition coefficient (Wildman–Crippen LogP) is 3.32. The molecule has 2 atom stereocenters. The van der Waals surface area contributed by atoms with Gasteiger partial charge in [-0.15, -0.1) is 0 Å². The molecule has 0 bridgehead atoms. The van der Waals surface area contributed by atoms with Crippen molar-refractivity contribution in [1.29, 1.82) is 0 Å². The average molecular weight is 259 g/mol. The van der Waals surface area contributed by atoms with Crippen LogP contribution in [0.25, 0.3) is 0 Å². The average Bonchev–Trinajstić information content (AvgIpc) is 2.38. The lowest BCUT2D eigenvalue weighted by molar-refractivity contribution is 0.504. The summed E-state index contributed by atoms with van der Waals surface area (Å²) >= 11 is 0. The van der Waals surface area contributed by atoms with Crippen molar-refractivity contribution >= 4 is 10.8 Å². The van der Waals surface area contributed by atoms with Crippen LogP contribution in [-0.2, 0) is 10.8 Å². The van der Waals surface area contributed by atoms with E-state index in [1.807, 2.05) is 19.3 Å². The maximum absolute atomic E-state index is 11.9. The van der Waals surface area contributed by atoms with Crippen LogP contribution < -0.4 is 5.32 Å².